The zero-order valence-corrected chi connectivity index (χ0v) is 25.6. The SMILES string of the molecule is CCC(C)OP(=O)(O)Cc1ccc(NC(=O)Nc2ccc(N3CCN(C(=O)N(Cl)c4ccccc4C)CC3)cc2)cc1. The maximum absolute atomic E-state index is 12.9. The Bertz CT molecular complexity index is 1410. The van der Waals surface area contributed by atoms with Crippen LogP contribution in [0.25, 0.3) is 0 Å². The Hall–Kier alpha value is -3.56. The quantitative estimate of drug-likeness (QED) is 0.176. The molecule has 42 heavy (non-hydrogen) atoms. The van der Waals surface area contributed by atoms with E-state index in [-0.39, 0.29) is 18.3 Å². The summed E-state index contributed by atoms with van der Waals surface area (Å²) in [6.45, 7) is 7.95. The van der Waals surface area contributed by atoms with Crippen LogP contribution < -0.4 is 20.0 Å². The number of halogens is 1. The van der Waals surface area contributed by atoms with Gasteiger partial charge in [0.05, 0.1) is 18.0 Å². The second kappa shape index (κ2) is 14.1. The van der Waals surface area contributed by atoms with Crippen LogP contribution in [0.15, 0.2) is 72.8 Å². The standard InChI is InChI=1S/C30H37ClN5O5P/c1-4-23(3)41-42(39,40)21-24-9-11-25(12-10-24)32-29(37)33-26-13-15-27(16-14-26)34-17-19-35(20-18-34)30(38)36(31)28-8-6-5-7-22(28)2/h5-16,23H,4,17-21H2,1-3H3,(H,39,40)(H2,32,33,37). The van der Waals surface area contributed by atoms with Crippen molar-refractivity contribution in [3.05, 3.63) is 83.9 Å². The maximum Gasteiger partial charge on any atom is 0.339 e. The fraction of sp³-hybridized carbons (Fsp3) is 0.333. The van der Waals surface area contributed by atoms with Crippen molar-refractivity contribution in [2.45, 2.75) is 39.5 Å². The van der Waals surface area contributed by atoms with E-state index in [0.717, 1.165) is 11.3 Å². The number of aryl methyl sites for hydroxylation is 1. The molecule has 0 radical (unpaired) electrons. The zero-order valence-electron chi connectivity index (χ0n) is 24.0. The first-order chi connectivity index (χ1) is 20.0. The third-order valence-corrected chi connectivity index (χ3v) is 8.83. The lowest BCUT2D eigenvalue weighted by atomic mass is 10.2. The van der Waals surface area contributed by atoms with Crippen molar-refractivity contribution in [2.75, 3.05) is 46.1 Å². The van der Waals surface area contributed by atoms with Crippen molar-refractivity contribution in [3.8, 4) is 0 Å². The highest BCUT2D eigenvalue weighted by molar-refractivity contribution is 7.52. The van der Waals surface area contributed by atoms with Crippen molar-refractivity contribution >= 4 is 54.2 Å². The lowest BCUT2D eigenvalue weighted by Crippen LogP contribution is -2.51. The molecule has 0 saturated carbocycles. The Morgan fingerprint density at radius 1 is 0.976 bits per heavy atom. The first kappa shape index (κ1) is 31.4. The van der Waals surface area contributed by atoms with Gasteiger partial charge in [-0.15, -0.1) is 0 Å². The van der Waals surface area contributed by atoms with Gasteiger partial charge in [-0.3, -0.25) is 4.57 Å². The van der Waals surface area contributed by atoms with Crippen LogP contribution in [0.1, 0.15) is 31.4 Å². The van der Waals surface area contributed by atoms with Gasteiger partial charge in [0.2, 0.25) is 0 Å². The third kappa shape index (κ3) is 8.49. The number of hydrogen-bond acceptors (Lipinski definition) is 5. The van der Waals surface area contributed by atoms with Crippen LogP contribution in [-0.2, 0) is 15.3 Å². The molecule has 0 aromatic heterocycles. The van der Waals surface area contributed by atoms with Gasteiger partial charge in [0.15, 0.2) is 0 Å². The highest BCUT2D eigenvalue weighted by atomic mass is 35.5. The van der Waals surface area contributed by atoms with Crippen molar-refractivity contribution < 1.29 is 23.6 Å². The maximum atomic E-state index is 12.9. The summed E-state index contributed by atoms with van der Waals surface area (Å²) in [5.41, 5.74) is 4.41. The van der Waals surface area contributed by atoms with E-state index in [2.05, 4.69) is 15.5 Å². The molecule has 0 bridgehead atoms. The minimum Gasteiger partial charge on any atom is -0.368 e. The second-order valence-electron chi connectivity index (χ2n) is 10.3. The summed E-state index contributed by atoms with van der Waals surface area (Å²) in [5.74, 6) is 0. The normalized spacial score (nSPS) is 15.5. The average molecular weight is 614 g/mol. The van der Waals surface area contributed by atoms with Crippen LogP contribution in [0.5, 0.6) is 0 Å². The Morgan fingerprint density at radius 2 is 1.55 bits per heavy atom. The Balaban J connectivity index is 1.24. The monoisotopic (exact) mass is 613 g/mol. The van der Waals surface area contributed by atoms with E-state index in [1.54, 1.807) is 36.1 Å². The van der Waals surface area contributed by atoms with Crippen LogP contribution in [0, 0.1) is 6.92 Å². The lowest BCUT2D eigenvalue weighted by molar-refractivity contribution is 0.184. The molecule has 1 aliphatic heterocycles. The second-order valence-corrected chi connectivity index (χ2v) is 12.4. The highest BCUT2D eigenvalue weighted by Crippen LogP contribution is 2.47. The third-order valence-electron chi connectivity index (χ3n) is 7.05. The number of nitrogens with zero attached hydrogens (tertiary/aromatic N) is 3. The van der Waals surface area contributed by atoms with Gasteiger partial charge in [-0.05, 0) is 73.9 Å². The molecule has 3 N–H and O–H groups in total. The van der Waals surface area contributed by atoms with E-state index in [4.69, 9.17) is 16.3 Å². The van der Waals surface area contributed by atoms with Crippen molar-refractivity contribution in [1.82, 2.24) is 4.90 Å². The number of benzene rings is 3. The fourth-order valence-corrected chi connectivity index (χ4v) is 6.29. The average Bonchev–Trinajstić information content (AvgIpc) is 2.97. The van der Waals surface area contributed by atoms with E-state index >= 15 is 0 Å². The molecule has 1 saturated heterocycles. The number of anilines is 4. The van der Waals surface area contributed by atoms with E-state index < -0.39 is 13.6 Å². The molecule has 0 spiro atoms. The van der Waals surface area contributed by atoms with Crippen LogP contribution in [0.3, 0.4) is 0 Å². The number of nitrogens with one attached hydrogen (secondary N) is 2. The van der Waals surface area contributed by atoms with E-state index in [0.29, 0.717) is 55.2 Å². The summed E-state index contributed by atoms with van der Waals surface area (Å²) >= 11 is 6.37. The Kier molecular flexibility index (Phi) is 10.5. The van der Waals surface area contributed by atoms with Gasteiger partial charge in [0, 0.05) is 55.0 Å². The predicted octanol–water partition coefficient (Wildman–Crippen LogP) is 7.04. The minimum atomic E-state index is -3.74. The summed E-state index contributed by atoms with van der Waals surface area (Å²) in [4.78, 5) is 39.4. The molecule has 2 atom stereocenters. The van der Waals surface area contributed by atoms with Crippen LogP contribution in [0.4, 0.5) is 32.3 Å². The first-order valence-corrected chi connectivity index (χ1v) is 16.0. The molecule has 12 heteroatoms. The molecule has 1 aliphatic rings. The number of hydrogen-bond donors (Lipinski definition) is 3. The number of rotatable bonds is 9. The molecular formula is C30H37ClN5O5P. The highest BCUT2D eigenvalue weighted by Gasteiger charge is 2.26. The summed E-state index contributed by atoms with van der Waals surface area (Å²) in [5, 5.41) is 5.57. The fourth-order valence-electron chi connectivity index (χ4n) is 4.53. The lowest BCUT2D eigenvalue weighted by Gasteiger charge is -2.37. The Labute approximate surface area is 251 Å². The summed E-state index contributed by atoms with van der Waals surface area (Å²) in [7, 11) is -3.74. The molecule has 3 aromatic rings. The molecule has 0 aliphatic carbocycles. The van der Waals surface area contributed by atoms with Gasteiger partial charge < -0.3 is 29.9 Å². The van der Waals surface area contributed by atoms with Crippen molar-refractivity contribution in [2.24, 2.45) is 0 Å². The molecule has 2 unspecified atom stereocenters. The number of carbonyl (C=O) groups is 2. The van der Waals surface area contributed by atoms with Crippen molar-refractivity contribution in [3.63, 3.8) is 0 Å². The largest absolute Gasteiger partial charge is 0.368 e. The van der Waals surface area contributed by atoms with Gasteiger partial charge in [-0.2, -0.15) is 0 Å². The number of urea groups is 2. The number of para-hydroxylation sites is 1. The van der Waals surface area contributed by atoms with E-state index in [1.807, 2.05) is 62.4 Å². The van der Waals surface area contributed by atoms with Crippen LogP contribution in [-0.4, -0.2) is 54.1 Å². The summed E-state index contributed by atoms with van der Waals surface area (Å²) in [6, 6.07) is 21.1. The molecule has 4 rings (SSSR count). The minimum absolute atomic E-state index is 0.0972. The molecule has 1 heterocycles. The molecular weight excluding hydrogens is 577 g/mol. The van der Waals surface area contributed by atoms with Crippen LogP contribution in [0.2, 0.25) is 0 Å². The number of amides is 4. The van der Waals surface area contributed by atoms with Crippen molar-refractivity contribution in [1.29, 1.82) is 0 Å². The van der Waals surface area contributed by atoms with Gasteiger partial charge in [-0.25, -0.2) is 14.0 Å². The zero-order chi connectivity index (χ0) is 30.3. The molecule has 224 valence electrons. The van der Waals surface area contributed by atoms with E-state index in [1.165, 1.54) is 4.42 Å². The molecule has 1 fully saturated rings. The number of piperazine rings is 1. The van der Waals surface area contributed by atoms with Gasteiger partial charge >= 0.3 is 19.7 Å². The van der Waals surface area contributed by atoms with Gasteiger partial charge in [0.25, 0.3) is 0 Å². The molecule has 10 nitrogen and oxygen atoms in total. The predicted molar refractivity (Wildman–Crippen MR) is 169 cm³/mol. The molecule has 4 amide bonds. The van der Waals surface area contributed by atoms with Crippen LogP contribution >= 0.6 is 19.4 Å². The smallest absolute Gasteiger partial charge is 0.339 e. The summed E-state index contributed by atoms with van der Waals surface area (Å²) in [6.07, 6.45) is 0.251. The van der Waals surface area contributed by atoms with Gasteiger partial charge in [0.1, 0.15) is 0 Å². The topological polar surface area (TPSA) is 114 Å². The van der Waals surface area contributed by atoms with E-state index in [9.17, 15) is 19.0 Å². The first-order valence-electron chi connectivity index (χ1n) is 13.9. The number of carbonyl (C=O) groups excluding carboxylic acids is 2. The Morgan fingerprint density at radius 3 is 2.12 bits per heavy atom. The van der Waals surface area contributed by atoms with Gasteiger partial charge in [-0.1, -0.05) is 37.3 Å². The molecule has 3 aromatic carbocycles. The summed E-state index contributed by atoms with van der Waals surface area (Å²) < 4.78 is 18.7.